The molecule has 1 saturated heterocycles. The van der Waals surface area contributed by atoms with E-state index in [9.17, 15) is 35.1 Å². The number of carbonyl (C=O) groups excluding carboxylic acids is 2. The number of unbranched alkanes of at least 4 members (excludes halogenated alkanes) is 24. The fourth-order valence-corrected chi connectivity index (χ4v) is 7.95. The summed E-state index contributed by atoms with van der Waals surface area (Å²) in [4.78, 5) is 25.0. The third kappa shape index (κ3) is 36.0. The standard InChI is InChI=1S/C56H99NO10/c1-3-5-7-9-11-13-15-19-23-26-30-34-38-42-49(59)48(47-66-56-55(64)54(63)53(62)50(46-58)67-56)57-51(60)43-39-35-31-27-24-20-17-16-18-21-25-29-33-37-41-45-65-52(61)44-40-36-32-28-22-14-12-10-8-6-4-2/h10,12,16,18,21,23,25-26,38,42,48-50,53-56,58-59,62-64H,3-9,11,13-15,17,19-20,22,24,27-37,39-41,43-47H2,1-2H3,(H,57,60)/b12-10-,18-16-,25-21-,26-23+,42-38+. The third-order valence-corrected chi connectivity index (χ3v) is 12.4. The van der Waals surface area contributed by atoms with Gasteiger partial charge in [0.15, 0.2) is 6.29 Å². The highest BCUT2D eigenvalue weighted by Gasteiger charge is 2.44. The summed E-state index contributed by atoms with van der Waals surface area (Å²) in [6, 6.07) is -0.845. The SMILES string of the molecule is CCCC/C=C\CCCCCCCC(=O)OCCCCC/C=C\C=C/CCCCCCCCC(=O)NC(COC1OC(CO)C(O)C(O)C1O)C(O)/C=C/CC/C=C/CCCCCCCCC. The Kier molecular flexibility index (Phi) is 42.6. The van der Waals surface area contributed by atoms with Gasteiger partial charge in [0.1, 0.15) is 24.4 Å². The lowest BCUT2D eigenvalue weighted by atomic mass is 9.99. The lowest BCUT2D eigenvalue weighted by Gasteiger charge is -2.40. The normalized spacial score (nSPS) is 20.0. The minimum Gasteiger partial charge on any atom is -0.466 e. The van der Waals surface area contributed by atoms with Gasteiger partial charge in [-0.3, -0.25) is 9.59 Å². The largest absolute Gasteiger partial charge is 0.466 e. The Labute approximate surface area is 408 Å². The second-order valence-corrected chi connectivity index (χ2v) is 18.6. The van der Waals surface area contributed by atoms with Crippen LogP contribution in [0.2, 0.25) is 0 Å². The molecule has 7 unspecified atom stereocenters. The van der Waals surface area contributed by atoms with Crippen molar-refractivity contribution in [2.24, 2.45) is 0 Å². The van der Waals surface area contributed by atoms with Crippen LogP contribution in [-0.4, -0.2) is 100 Å². The smallest absolute Gasteiger partial charge is 0.305 e. The van der Waals surface area contributed by atoms with Crippen molar-refractivity contribution in [3.8, 4) is 0 Å². The van der Waals surface area contributed by atoms with Crippen molar-refractivity contribution in [2.75, 3.05) is 19.8 Å². The Morgan fingerprint density at radius 2 is 1.03 bits per heavy atom. The van der Waals surface area contributed by atoms with Crippen LogP contribution in [0.15, 0.2) is 60.8 Å². The van der Waals surface area contributed by atoms with Crippen LogP contribution in [0.3, 0.4) is 0 Å². The molecule has 11 nitrogen and oxygen atoms in total. The van der Waals surface area contributed by atoms with E-state index in [1.54, 1.807) is 6.08 Å². The van der Waals surface area contributed by atoms with Crippen LogP contribution in [-0.2, 0) is 23.8 Å². The van der Waals surface area contributed by atoms with Crippen LogP contribution < -0.4 is 5.32 Å². The number of allylic oxidation sites excluding steroid dienone is 9. The van der Waals surface area contributed by atoms with Gasteiger partial charge in [-0.2, -0.15) is 0 Å². The molecule has 1 aliphatic rings. The molecule has 7 atom stereocenters. The second-order valence-electron chi connectivity index (χ2n) is 18.6. The number of esters is 1. The van der Waals surface area contributed by atoms with Crippen molar-refractivity contribution in [1.29, 1.82) is 0 Å². The molecule has 0 bridgehead atoms. The van der Waals surface area contributed by atoms with Gasteiger partial charge in [0.05, 0.1) is 32.0 Å². The molecule has 1 aliphatic heterocycles. The average molecular weight is 946 g/mol. The summed E-state index contributed by atoms with van der Waals surface area (Å²) in [6.45, 7) is 4.18. The predicted octanol–water partition coefficient (Wildman–Crippen LogP) is 11.5. The summed E-state index contributed by atoms with van der Waals surface area (Å²) in [7, 11) is 0. The van der Waals surface area contributed by atoms with E-state index < -0.39 is 49.5 Å². The molecule has 0 spiro atoms. The Morgan fingerprint density at radius 3 is 1.61 bits per heavy atom. The molecule has 6 N–H and O–H groups in total. The summed E-state index contributed by atoms with van der Waals surface area (Å²) < 4.78 is 16.6. The molecule has 0 saturated carbocycles. The van der Waals surface area contributed by atoms with Crippen molar-refractivity contribution in [3.05, 3.63) is 60.8 Å². The van der Waals surface area contributed by atoms with Gasteiger partial charge in [0, 0.05) is 12.8 Å². The Hall–Kier alpha value is -2.64. The lowest BCUT2D eigenvalue weighted by molar-refractivity contribution is -0.302. The molecule has 388 valence electrons. The summed E-state index contributed by atoms with van der Waals surface area (Å²) in [5.74, 6) is -0.271. The molecular formula is C56H99NO10. The number of hydrogen-bond acceptors (Lipinski definition) is 10. The molecule has 1 heterocycles. The Morgan fingerprint density at radius 1 is 0.552 bits per heavy atom. The lowest BCUT2D eigenvalue weighted by Crippen LogP contribution is -2.60. The van der Waals surface area contributed by atoms with Gasteiger partial charge in [-0.15, -0.1) is 0 Å². The first-order chi connectivity index (χ1) is 32.7. The first-order valence-corrected chi connectivity index (χ1v) is 27.1. The summed E-state index contributed by atoms with van der Waals surface area (Å²) in [6.07, 6.45) is 47.3. The molecule has 0 aromatic rings. The summed E-state index contributed by atoms with van der Waals surface area (Å²) >= 11 is 0. The highest BCUT2D eigenvalue weighted by atomic mass is 16.7. The zero-order valence-corrected chi connectivity index (χ0v) is 42.3. The van der Waals surface area contributed by atoms with E-state index in [1.807, 2.05) is 6.08 Å². The Bertz CT molecular complexity index is 1300. The monoisotopic (exact) mass is 946 g/mol. The van der Waals surface area contributed by atoms with E-state index in [0.717, 1.165) is 103 Å². The van der Waals surface area contributed by atoms with E-state index in [4.69, 9.17) is 14.2 Å². The minimum atomic E-state index is -1.59. The average Bonchev–Trinajstić information content (AvgIpc) is 3.32. The quantitative estimate of drug-likeness (QED) is 0.0149. The van der Waals surface area contributed by atoms with E-state index >= 15 is 0 Å². The second kappa shape index (κ2) is 45.8. The number of carbonyl (C=O) groups is 2. The molecule has 67 heavy (non-hydrogen) atoms. The van der Waals surface area contributed by atoms with Gasteiger partial charge in [-0.25, -0.2) is 0 Å². The van der Waals surface area contributed by atoms with E-state index in [2.05, 4.69) is 67.8 Å². The van der Waals surface area contributed by atoms with Gasteiger partial charge in [-0.05, 0) is 96.3 Å². The zero-order valence-electron chi connectivity index (χ0n) is 42.3. The fraction of sp³-hybridized carbons (Fsp3) is 0.786. The van der Waals surface area contributed by atoms with Crippen molar-refractivity contribution < 1.29 is 49.3 Å². The van der Waals surface area contributed by atoms with Gasteiger partial charge >= 0.3 is 5.97 Å². The van der Waals surface area contributed by atoms with E-state index in [0.29, 0.717) is 19.4 Å². The van der Waals surface area contributed by atoms with Crippen molar-refractivity contribution in [3.63, 3.8) is 0 Å². The predicted molar refractivity (Wildman–Crippen MR) is 273 cm³/mol. The van der Waals surface area contributed by atoms with Crippen LogP contribution in [0, 0.1) is 0 Å². The topological polar surface area (TPSA) is 175 Å². The van der Waals surface area contributed by atoms with E-state index in [-0.39, 0.29) is 18.5 Å². The molecule has 0 radical (unpaired) electrons. The maximum atomic E-state index is 13.0. The van der Waals surface area contributed by atoms with Crippen LogP contribution in [0.5, 0.6) is 0 Å². The number of nitrogens with one attached hydrogen (secondary N) is 1. The highest BCUT2D eigenvalue weighted by molar-refractivity contribution is 5.76. The van der Waals surface area contributed by atoms with Crippen LogP contribution in [0.25, 0.3) is 0 Å². The van der Waals surface area contributed by atoms with Gasteiger partial charge in [0.2, 0.25) is 5.91 Å². The Balaban J connectivity index is 2.22. The zero-order chi connectivity index (χ0) is 48.8. The summed E-state index contributed by atoms with van der Waals surface area (Å²) in [5, 5.41) is 54.2. The number of rotatable bonds is 45. The van der Waals surface area contributed by atoms with Gasteiger partial charge < -0.3 is 45.1 Å². The first kappa shape index (κ1) is 62.4. The molecule has 0 aromatic heterocycles. The highest BCUT2D eigenvalue weighted by Crippen LogP contribution is 2.22. The van der Waals surface area contributed by atoms with Crippen LogP contribution in [0.1, 0.15) is 219 Å². The fourth-order valence-electron chi connectivity index (χ4n) is 7.95. The van der Waals surface area contributed by atoms with Crippen molar-refractivity contribution in [2.45, 2.75) is 262 Å². The van der Waals surface area contributed by atoms with Gasteiger partial charge in [0.25, 0.3) is 0 Å². The maximum absolute atomic E-state index is 13.0. The van der Waals surface area contributed by atoms with Crippen LogP contribution in [0.4, 0.5) is 0 Å². The molecule has 1 rings (SSSR count). The molecule has 11 heteroatoms. The minimum absolute atomic E-state index is 0.0540. The molecule has 0 aliphatic carbocycles. The van der Waals surface area contributed by atoms with Gasteiger partial charge in [-0.1, -0.05) is 171 Å². The van der Waals surface area contributed by atoms with E-state index in [1.165, 1.54) is 89.9 Å². The molecule has 1 amide bonds. The maximum Gasteiger partial charge on any atom is 0.305 e. The number of hydrogen-bond donors (Lipinski definition) is 6. The van der Waals surface area contributed by atoms with Crippen molar-refractivity contribution in [1.82, 2.24) is 5.32 Å². The first-order valence-electron chi connectivity index (χ1n) is 27.1. The molecular weight excluding hydrogens is 847 g/mol. The number of ether oxygens (including phenoxy) is 3. The number of aliphatic hydroxyl groups is 5. The molecule has 1 fully saturated rings. The number of amides is 1. The molecule has 0 aromatic carbocycles. The third-order valence-electron chi connectivity index (χ3n) is 12.4. The van der Waals surface area contributed by atoms with Crippen LogP contribution >= 0.6 is 0 Å². The number of aliphatic hydroxyl groups excluding tert-OH is 5. The van der Waals surface area contributed by atoms with Crippen molar-refractivity contribution >= 4 is 11.9 Å². The summed E-state index contributed by atoms with van der Waals surface area (Å²) in [5.41, 5.74) is 0.